The molecule has 4 aromatic rings. The average Bonchev–Trinajstić information content (AvgIpc) is 3.25. The molecular formula is C30H23F3N2O. The fourth-order valence-corrected chi connectivity index (χ4v) is 4.88. The maximum atomic E-state index is 14.0. The molecule has 0 fully saturated rings. The molecule has 0 aliphatic heterocycles. The van der Waals surface area contributed by atoms with Crippen LogP contribution in [0.15, 0.2) is 85.3 Å². The Morgan fingerprint density at radius 1 is 0.889 bits per heavy atom. The minimum Gasteiger partial charge on any atom is -0.299 e. The molecule has 2 aromatic carbocycles. The minimum atomic E-state index is -0.668. The van der Waals surface area contributed by atoms with Crippen LogP contribution in [-0.2, 0) is 17.6 Å². The van der Waals surface area contributed by atoms with Gasteiger partial charge in [-0.2, -0.15) is 0 Å². The number of carbonyl (C=O) groups is 1. The van der Waals surface area contributed by atoms with Crippen molar-refractivity contribution in [3.05, 3.63) is 125 Å². The minimum absolute atomic E-state index is 0.0528. The van der Waals surface area contributed by atoms with Crippen LogP contribution in [0.25, 0.3) is 16.7 Å². The van der Waals surface area contributed by atoms with Gasteiger partial charge in [0.15, 0.2) is 0 Å². The molecule has 1 atom stereocenters. The second-order valence-electron chi connectivity index (χ2n) is 9.01. The lowest BCUT2D eigenvalue weighted by Crippen LogP contribution is -2.13. The molecule has 0 amide bonds. The smallest absolute Gasteiger partial charge is 0.137 e. The van der Waals surface area contributed by atoms with E-state index in [1.54, 1.807) is 30.7 Å². The Morgan fingerprint density at radius 3 is 2.47 bits per heavy atom. The standard InChI is InChI=1S/C30H23F3N2O/c31-24-8-7-20-5-6-21(29(20)17-24)14-27(36)15-23(11-19-12-25(32)16-26(33)13-19)30-28(4-2-10-35-30)22-3-1-9-34-18-22/h1-4,6-10,12-13,16-18,23H,5,11,14-15H2/t23-/m1/s1. The molecule has 5 rings (SSSR count). The zero-order chi connectivity index (χ0) is 25.1. The van der Waals surface area contributed by atoms with Gasteiger partial charge in [0.1, 0.15) is 23.2 Å². The second kappa shape index (κ2) is 10.3. The summed E-state index contributed by atoms with van der Waals surface area (Å²) in [6.45, 7) is 0. The van der Waals surface area contributed by atoms with Gasteiger partial charge in [0.25, 0.3) is 0 Å². The van der Waals surface area contributed by atoms with E-state index in [4.69, 9.17) is 0 Å². The molecule has 0 saturated heterocycles. The van der Waals surface area contributed by atoms with E-state index in [0.717, 1.165) is 33.9 Å². The number of allylic oxidation sites excluding steroid dienone is 2. The topological polar surface area (TPSA) is 42.9 Å². The Kier molecular flexibility index (Phi) is 6.76. The maximum Gasteiger partial charge on any atom is 0.137 e. The molecule has 36 heavy (non-hydrogen) atoms. The first-order valence-electron chi connectivity index (χ1n) is 11.8. The molecule has 3 nitrogen and oxygen atoms in total. The number of halogens is 3. The van der Waals surface area contributed by atoms with Gasteiger partial charge in [-0.15, -0.1) is 0 Å². The lowest BCUT2D eigenvalue weighted by Gasteiger charge is -2.20. The number of benzene rings is 2. The fraction of sp³-hybridized carbons (Fsp3) is 0.167. The van der Waals surface area contributed by atoms with E-state index in [9.17, 15) is 18.0 Å². The summed E-state index contributed by atoms with van der Waals surface area (Å²) in [5, 5.41) is 0. The SMILES string of the molecule is O=C(CC1=CCc2ccc(F)cc21)C[C@@H](Cc1cc(F)cc(F)c1)c1ncccc1-c1cccnc1. The number of nitrogens with zero attached hydrogens (tertiary/aromatic N) is 2. The van der Waals surface area contributed by atoms with Crippen LogP contribution in [0, 0.1) is 17.5 Å². The van der Waals surface area contributed by atoms with Gasteiger partial charge in [-0.25, -0.2) is 13.2 Å². The summed E-state index contributed by atoms with van der Waals surface area (Å²) in [5.74, 6) is -2.15. The van der Waals surface area contributed by atoms with E-state index in [-0.39, 0.29) is 30.9 Å². The van der Waals surface area contributed by atoms with Gasteiger partial charge in [-0.3, -0.25) is 14.8 Å². The van der Waals surface area contributed by atoms with Crippen molar-refractivity contribution in [2.24, 2.45) is 0 Å². The van der Waals surface area contributed by atoms with E-state index in [0.29, 0.717) is 17.7 Å². The van der Waals surface area contributed by atoms with Crippen molar-refractivity contribution in [3.63, 3.8) is 0 Å². The van der Waals surface area contributed by atoms with Gasteiger partial charge >= 0.3 is 0 Å². The van der Waals surface area contributed by atoms with Crippen LogP contribution in [0.1, 0.15) is 41.1 Å². The molecule has 0 spiro atoms. The average molecular weight is 485 g/mol. The summed E-state index contributed by atoms with van der Waals surface area (Å²) in [4.78, 5) is 22.1. The quantitative estimate of drug-likeness (QED) is 0.274. The number of Topliss-reactive ketones (excluding diaryl/α,β-unsaturated/α-hetero) is 1. The highest BCUT2D eigenvalue weighted by Gasteiger charge is 2.24. The Bertz CT molecular complexity index is 1430. The third-order valence-corrected chi connectivity index (χ3v) is 6.45. The monoisotopic (exact) mass is 484 g/mol. The van der Waals surface area contributed by atoms with Gasteiger partial charge < -0.3 is 0 Å². The summed E-state index contributed by atoms with van der Waals surface area (Å²) in [5.41, 5.74) is 5.32. The third-order valence-electron chi connectivity index (χ3n) is 6.45. The lowest BCUT2D eigenvalue weighted by atomic mass is 9.86. The Morgan fingerprint density at radius 2 is 1.69 bits per heavy atom. The van der Waals surface area contributed by atoms with Crippen LogP contribution < -0.4 is 0 Å². The molecule has 0 bridgehead atoms. The largest absolute Gasteiger partial charge is 0.299 e. The Labute approximate surface area is 207 Å². The number of rotatable bonds is 8. The third kappa shape index (κ3) is 5.28. The van der Waals surface area contributed by atoms with E-state index in [1.165, 1.54) is 24.3 Å². The number of carbonyl (C=O) groups excluding carboxylic acids is 1. The zero-order valence-corrected chi connectivity index (χ0v) is 19.4. The summed E-state index contributed by atoms with van der Waals surface area (Å²) in [6, 6.07) is 15.5. The van der Waals surface area contributed by atoms with Crippen molar-refractivity contribution in [2.75, 3.05) is 0 Å². The highest BCUT2D eigenvalue weighted by Crippen LogP contribution is 2.35. The van der Waals surface area contributed by atoms with Gasteiger partial charge in [0.2, 0.25) is 0 Å². The predicted molar refractivity (Wildman–Crippen MR) is 133 cm³/mol. The van der Waals surface area contributed by atoms with E-state index in [1.807, 2.05) is 24.3 Å². The molecule has 180 valence electrons. The van der Waals surface area contributed by atoms with E-state index in [2.05, 4.69) is 9.97 Å². The fourth-order valence-electron chi connectivity index (χ4n) is 4.88. The van der Waals surface area contributed by atoms with Gasteiger partial charge in [-0.05, 0) is 71.5 Å². The number of fused-ring (bicyclic) bond motifs is 1. The summed E-state index contributed by atoms with van der Waals surface area (Å²) in [6.07, 6.45) is 8.16. The van der Waals surface area contributed by atoms with Crippen molar-refractivity contribution in [1.29, 1.82) is 0 Å². The lowest BCUT2D eigenvalue weighted by molar-refractivity contribution is -0.118. The van der Waals surface area contributed by atoms with Crippen molar-refractivity contribution >= 4 is 11.4 Å². The predicted octanol–water partition coefficient (Wildman–Crippen LogP) is 6.88. The first-order valence-corrected chi connectivity index (χ1v) is 11.8. The Hall–Kier alpha value is -4.06. The molecule has 1 aliphatic rings. The number of hydrogen-bond acceptors (Lipinski definition) is 3. The maximum absolute atomic E-state index is 14.0. The molecule has 1 aliphatic carbocycles. The van der Waals surface area contributed by atoms with Crippen molar-refractivity contribution in [2.45, 2.75) is 31.6 Å². The van der Waals surface area contributed by atoms with Crippen LogP contribution in [-0.4, -0.2) is 15.8 Å². The van der Waals surface area contributed by atoms with E-state index < -0.39 is 17.6 Å². The van der Waals surface area contributed by atoms with Crippen LogP contribution in [0.5, 0.6) is 0 Å². The molecule has 0 radical (unpaired) electrons. The van der Waals surface area contributed by atoms with Gasteiger partial charge in [0, 0.05) is 54.5 Å². The number of pyridine rings is 2. The van der Waals surface area contributed by atoms with Crippen LogP contribution >= 0.6 is 0 Å². The van der Waals surface area contributed by atoms with Crippen molar-refractivity contribution in [3.8, 4) is 11.1 Å². The van der Waals surface area contributed by atoms with Crippen LogP contribution in [0.4, 0.5) is 13.2 Å². The van der Waals surface area contributed by atoms with Gasteiger partial charge in [0.05, 0.1) is 5.69 Å². The number of aromatic nitrogens is 2. The van der Waals surface area contributed by atoms with Crippen molar-refractivity contribution < 1.29 is 18.0 Å². The Balaban J connectivity index is 1.46. The summed E-state index contributed by atoms with van der Waals surface area (Å²) in [7, 11) is 0. The van der Waals surface area contributed by atoms with Gasteiger partial charge in [-0.1, -0.05) is 24.3 Å². The molecule has 2 aromatic heterocycles. The summed E-state index contributed by atoms with van der Waals surface area (Å²) < 4.78 is 41.8. The summed E-state index contributed by atoms with van der Waals surface area (Å²) >= 11 is 0. The van der Waals surface area contributed by atoms with E-state index >= 15 is 0 Å². The first-order chi connectivity index (χ1) is 17.5. The molecule has 0 saturated carbocycles. The molecule has 6 heteroatoms. The first kappa shape index (κ1) is 23.7. The molecule has 0 N–H and O–H groups in total. The van der Waals surface area contributed by atoms with Crippen LogP contribution in [0.3, 0.4) is 0 Å². The number of hydrogen-bond donors (Lipinski definition) is 0. The molecule has 0 unspecified atom stereocenters. The second-order valence-corrected chi connectivity index (χ2v) is 9.01. The number of ketones is 1. The zero-order valence-electron chi connectivity index (χ0n) is 19.4. The molecular weight excluding hydrogens is 461 g/mol. The molecule has 2 heterocycles. The highest BCUT2D eigenvalue weighted by molar-refractivity contribution is 5.92. The van der Waals surface area contributed by atoms with Crippen LogP contribution in [0.2, 0.25) is 0 Å². The highest BCUT2D eigenvalue weighted by atomic mass is 19.1. The van der Waals surface area contributed by atoms with Crippen molar-refractivity contribution in [1.82, 2.24) is 9.97 Å². The normalized spacial score (nSPS) is 13.2.